The first-order chi connectivity index (χ1) is 12.2. The van der Waals surface area contributed by atoms with E-state index >= 15 is 0 Å². The molecule has 1 aromatic carbocycles. The fourth-order valence-electron chi connectivity index (χ4n) is 3.46. The summed E-state index contributed by atoms with van der Waals surface area (Å²) in [7, 11) is -0.332. The maximum atomic E-state index is 11.6. The van der Waals surface area contributed by atoms with E-state index in [1.54, 1.807) is 0 Å². The monoisotopic (exact) mass is 358 g/mol. The summed E-state index contributed by atoms with van der Waals surface area (Å²) in [5.41, 5.74) is 1.59. The van der Waals surface area contributed by atoms with Gasteiger partial charge in [0.15, 0.2) is 0 Å². The number of hydrogen-bond acceptors (Lipinski definition) is 4. The van der Waals surface area contributed by atoms with Crippen LogP contribution in [0.15, 0.2) is 24.3 Å². The number of anilines is 1. The zero-order chi connectivity index (χ0) is 18.9. The predicted molar refractivity (Wildman–Crippen MR) is 106 cm³/mol. The molecule has 3 rings (SSSR count). The lowest BCUT2D eigenvalue weighted by molar-refractivity contribution is -0.121. The van der Waals surface area contributed by atoms with Gasteiger partial charge in [0.1, 0.15) is 0 Å². The van der Waals surface area contributed by atoms with Gasteiger partial charge in [0, 0.05) is 31.2 Å². The maximum Gasteiger partial charge on any atom is 0.494 e. The Bertz CT molecular complexity index is 638. The van der Waals surface area contributed by atoms with Gasteiger partial charge in [0.05, 0.1) is 11.2 Å². The third-order valence-electron chi connectivity index (χ3n) is 5.94. The molecule has 0 saturated carbocycles. The van der Waals surface area contributed by atoms with Crippen LogP contribution >= 0.6 is 0 Å². The molecule has 0 aliphatic carbocycles. The number of nitrogens with one attached hydrogen (secondary N) is 1. The lowest BCUT2D eigenvalue weighted by Crippen LogP contribution is -2.45. The first-order valence-corrected chi connectivity index (χ1v) is 9.72. The Labute approximate surface area is 157 Å². The second kappa shape index (κ2) is 7.24. The van der Waals surface area contributed by atoms with E-state index in [2.05, 4.69) is 62.2 Å². The van der Waals surface area contributed by atoms with Crippen molar-refractivity contribution in [1.29, 1.82) is 0 Å². The van der Waals surface area contributed by atoms with Crippen molar-refractivity contribution in [2.75, 3.05) is 18.0 Å². The second-order valence-corrected chi connectivity index (χ2v) is 8.37. The van der Waals surface area contributed by atoms with Gasteiger partial charge >= 0.3 is 7.12 Å². The van der Waals surface area contributed by atoms with Crippen LogP contribution in [0.4, 0.5) is 5.69 Å². The minimum atomic E-state index is -0.332. The standard InChI is InChI=1S/C20H31BN2O3/c1-6-18(24)22-16-10-12-23(13-11-16)17-9-7-8-15(14-17)21-25-19(2,3)20(4,5)26-21/h7-9,14,16H,6,10-13H2,1-5H3,(H,22,24). The van der Waals surface area contributed by atoms with Crippen molar-refractivity contribution >= 4 is 24.2 Å². The highest BCUT2D eigenvalue weighted by Crippen LogP contribution is 2.36. The van der Waals surface area contributed by atoms with Crippen molar-refractivity contribution in [2.24, 2.45) is 0 Å². The number of carbonyl (C=O) groups is 1. The van der Waals surface area contributed by atoms with E-state index in [9.17, 15) is 4.79 Å². The molecule has 0 unspecified atom stereocenters. The molecule has 0 aromatic heterocycles. The Morgan fingerprint density at radius 1 is 1.19 bits per heavy atom. The number of piperidine rings is 1. The smallest absolute Gasteiger partial charge is 0.399 e. The summed E-state index contributed by atoms with van der Waals surface area (Å²) >= 11 is 0. The highest BCUT2D eigenvalue weighted by Gasteiger charge is 2.51. The molecule has 2 aliphatic rings. The normalized spacial score (nSPS) is 22.5. The molecule has 2 saturated heterocycles. The van der Waals surface area contributed by atoms with Gasteiger partial charge < -0.3 is 19.5 Å². The van der Waals surface area contributed by atoms with Gasteiger partial charge in [-0.2, -0.15) is 0 Å². The minimum Gasteiger partial charge on any atom is -0.399 e. The number of rotatable bonds is 4. The van der Waals surface area contributed by atoms with E-state index in [1.807, 2.05) is 6.92 Å². The van der Waals surface area contributed by atoms with Crippen LogP contribution in [-0.4, -0.2) is 43.4 Å². The fraction of sp³-hybridized carbons (Fsp3) is 0.650. The molecule has 6 heteroatoms. The van der Waals surface area contributed by atoms with E-state index in [0.29, 0.717) is 12.5 Å². The van der Waals surface area contributed by atoms with Gasteiger partial charge in [-0.25, -0.2) is 0 Å². The molecular formula is C20H31BN2O3. The summed E-state index contributed by atoms with van der Waals surface area (Å²) < 4.78 is 12.4. The summed E-state index contributed by atoms with van der Waals surface area (Å²) in [6, 6.07) is 8.75. The molecule has 5 nitrogen and oxygen atoms in total. The minimum absolute atomic E-state index is 0.145. The first-order valence-electron chi connectivity index (χ1n) is 9.72. The largest absolute Gasteiger partial charge is 0.494 e. The van der Waals surface area contributed by atoms with Gasteiger partial charge in [-0.1, -0.05) is 19.1 Å². The predicted octanol–water partition coefficient (Wildman–Crippen LogP) is 2.48. The lowest BCUT2D eigenvalue weighted by Gasteiger charge is -2.34. The first kappa shape index (κ1) is 19.2. The molecule has 2 aliphatic heterocycles. The van der Waals surface area contributed by atoms with Crippen LogP contribution in [0.25, 0.3) is 0 Å². The Kier molecular flexibility index (Phi) is 5.36. The molecule has 26 heavy (non-hydrogen) atoms. The lowest BCUT2D eigenvalue weighted by atomic mass is 9.79. The van der Waals surface area contributed by atoms with Crippen LogP contribution < -0.4 is 15.7 Å². The summed E-state index contributed by atoms with van der Waals surface area (Å²) in [5, 5.41) is 3.11. The van der Waals surface area contributed by atoms with Crippen molar-refractivity contribution in [1.82, 2.24) is 5.32 Å². The van der Waals surface area contributed by atoms with E-state index in [1.165, 1.54) is 5.69 Å². The van der Waals surface area contributed by atoms with Crippen LogP contribution in [0.1, 0.15) is 53.9 Å². The van der Waals surface area contributed by atoms with Gasteiger partial charge in [0.25, 0.3) is 0 Å². The van der Waals surface area contributed by atoms with Crippen molar-refractivity contribution in [3.05, 3.63) is 24.3 Å². The van der Waals surface area contributed by atoms with Gasteiger partial charge in [0.2, 0.25) is 5.91 Å². The highest BCUT2D eigenvalue weighted by atomic mass is 16.7. The zero-order valence-electron chi connectivity index (χ0n) is 16.7. The third kappa shape index (κ3) is 3.91. The van der Waals surface area contributed by atoms with Crippen molar-refractivity contribution in [2.45, 2.75) is 71.1 Å². The summed E-state index contributed by atoms with van der Waals surface area (Å²) in [6.07, 6.45) is 2.51. The second-order valence-electron chi connectivity index (χ2n) is 8.37. The highest BCUT2D eigenvalue weighted by molar-refractivity contribution is 6.62. The SMILES string of the molecule is CCC(=O)NC1CCN(c2cccc(B3OC(C)(C)C(C)(C)O3)c2)CC1. The number of nitrogens with zero attached hydrogens (tertiary/aromatic N) is 1. The molecule has 0 bridgehead atoms. The third-order valence-corrected chi connectivity index (χ3v) is 5.94. The zero-order valence-corrected chi connectivity index (χ0v) is 16.7. The van der Waals surface area contributed by atoms with Crippen LogP contribution in [0.3, 0.4) is 0 Å². The van der Waals surface area contributed by atoms with E-state index in [4.69, 9.17) is 9.31 Å². The number of carbonyl (C=O) groups excluding carboxylic acids is 1. The molecule has 1 N–H and O–H groups in total. The fourth-order valence-corrected chi connectivity index (χ4v) is 3.46. The topological polar surface area (TPSA) is 50.8 Å². The molecule has 0 spiro atoms. The van der Waals surface area contributed by atoms with E-state index < -0.39 is 0 Å². The Morgan fingerprint density at radius 2 is 1.81 bits per heavy atom. The maximum absolute atomic E-state index is 11.6. The van der Waals surface area contributed by atoms with Crippen molar-refractivity contribution < 1.29 is 14.1 Å². The summed E-state index contributed by atoms with van der Waals surface area (Å²) in [6.45, 7) is 12.1. The molecule has 0 radical (unpaired) electrons. The van der Waals surface area contributed by atoms with Gasteiger partial charge in [-0.05, 0) is 58.1 Å². The molecule has 2 heterocycles. The van der Waals surface area contributed by atoms with Crippen LogP contribution in [0.2, 0.25) is 0 Å². The average Bonchev–Trinajstić information content (AvgIpc) is 2.83. The summed E-state index contributed by atoms with van der Waals surface area (Å²) in [4.78, 5) is 14.0. The summed E-state index contributed by atoms with van der Waals surface area (Å²) in [5.74, 6) is 0.145. The van der Waals surface area contributed by atoms with Crippen molar-refractivity contribution in [3.8, 4) is 0 Å². The van der Waals surface area contributed by atoms with Crippen LogP contribution in [0, 0.1) is 0 Å². The van der Waals surface area contributed by atoms with Gasteiger partial charge in [-0.15, -0.1) is 0 Å². The molecule has 0 atom stereocenters. The number of amides is 1. The molecule has 142 valence electrons. The average molecular weight is 358 g/mol. The van der Waals surface area contributed by atoms with Crippen molar-refractivity contribution in [3.63, 3.8) is 0 Å². The molecular weight excluding hydrogens is 327 g/mol. The molecule has 1 aromatic rings. The van der Waals surface area contributed by atoms with Gasteiger partial charge in [-0.3, -0.25) is 4.79 Å². The quantitative estimate of drug-likeness (QED) is 0.841. The van der Waals surface area contributed by atoms with E-state index in [-0.39, 0.29) is 24.2 Å². The van der Waals surface area contributed by atoms with Crippen LogP contribution in [-0.2, 0) is 14.1 Å². The Balaban J connectivity index is 1.65. The van der Waals surface area contributed by atoms with Crippen LogP contribution in [0.5, 0.6) is 0 Å². The Hall–Kier alpha value is -1.53. The van der Waals surface area contributed by atoms with E-state index in [0.717, 1.165) is 31.4 Å². The molecule has 1 amide bonds. The Morgan fingerprint density at radius 3 is 2.38 bits per heavy atom. The number of benzene rings is 1. The molecule has 2 fully saturated rings. The number of hydrogen-bond donors (Lipinski definition) is 1.